The Bertz CT molecular complexity index is 1150. The molecule has 0 saturated carbocycles. The minimum absolute atomic E-state index is 0.0864. The maximum absolute atomic E-state index is 13.5. The van der Waals surface area contributed by atoms with Gasteiger partial charge in [0.25, 0.3) is 5.91 Å². The van der Waals surface area contributed by atoms with Gasteiger partial charge in [-0.15, -0.1) is 0 Å². The molecule has 1 amide bonds. The molecule has 1 aromatic carbocycles. The lowest BCUT2D eigenvalue weighted by Gasteiger charge is -2.36. The average Bonchev–Trinajstić information content (AvgIpc) is 3.35. The van der Waals surface area contributed by atoms with Crippen LogP contribution in [0.1, 0.15) is 24.2 Å². The molecule has 0 radical (unpaired) electrons. The Kier molecular flexibility index (Phi) is 4.18. The molecule has 0 bridgehead atoms. The van der Waals surface area contributed by atoms with Gasteiger partial charge in [0.2, 0.25) is 0 Å². The molecule has 1 aliphatic heterocycles. The van der Waals surface area contributed by atoms with E-state index in [1.54, 1.807) is 11.3 Å². The highest BCUT2D eigenvalue weighted by Crippen LogP contribution is 2.30. The van der Waals surface area contributed by atoms with Gasteiger partial charge < -0.3 is 10.2 Å². The fourth-order valence-corrected chi connectivity index (χ4v) is 4.90. The molecule has 0 spiro atoms. The molecule has 0 aliphatic carbocycles. The first-order valence-corrected chi connectivity index (χ1v) is 10.5. The number of nitrogens with zero attached hydrogens (tertiary/aromatic N) is 3. The standard InChI is InChI=1S/C22H22N4OS/c1-14-10-25(11-15(2)24-14)22(27)19-12-26-20(18-6-4-3-5-17(18)19)9-23-21(26)16-7-8-28-13-16/h3-9,12-15,24H,10-11H2,1-2H3. The van der Waals surface area contributed by atoms with Crippen LogP contribution < -0.4 is 5.32 Å². The zero-order chi connectivity index (χ0) is 19.3. The highest BCUT2D eigenvalue weighted by Gasteiger charge is 2.27. The van der Waals surface area contributed by atoms with E-state index in [0.717, 1.165) is 46.3 Å². The predicted molar refractivity (Wildman–Crippen MR) is 114 cm³/mol. The second-order valence-corrected chi connectivity index (χ2v) is 8.40. The van der Waals surface area contributed by atoms with Crippen LogP contribution in [0.4, 0.5) is 0 Å². The van der Waals surface area contributed by atoms with E-state index in [4.69, 9.17) is 0 Å². The summed E-state index contributed by atoms with van der Waals surface area (Å²) in [5.74, 6) is 0.960. The Labute approximate surface area is 167 Å². The van der Waals surface area contributed by atoms with Crippen molar-refractivity contribution < 1.29 is 4.79 Å². The summed E-state index contributed by atoms with van der Waals surface area (Å²) in [4.78, 5) is 20.2. The molecule has 5 rings (SSSR count). The number of fused-ring (bicyclic) bond motifs is 3. The molecule has 28 heavy (non-hydrogen) atoms. The van der Waals surface area contributed by atoms with Crippen LogP contribution in [-0.4, -0.2) is 45.4 Å². The van der Waals surface area contributed by atoms with Crippen molar-refractivity contribution in [2.24, 2.45) is 0 Å². The molecule has 1 saturated heterocycles. The van der Waals surface area contributed by atoms with Crippen molar-refractivity contribution in [3.63, 3.8) is 0 Å². The van der Waals surface area contributed by atoms with Gasteiger partial charge in [0.15, 0.2) is 0 Å². The van der Waals surface area contributed by atoms with Crippen molar-refractivity contribution in [1.82, 2.24) is 19.6 Å². The lowest BCUT2D eigenvalue weighted by Crippen LogP contribution is -2.55. The number of imidazole rings is 1. The molecule has 2 atom stereocenters. The Balaban J connectivity index is 1.70. The largest absolute Gasteiger partial charge is 0.335 e. The summed E-state index contributed by atoms with van der Waals surface area (Å²) in [6, 6.07) is 10.8. The zero-order valence-electron chi connectivity index (χ0n) is 15.9. The van der Waals surface area contributed by atoms with Gasteiger partial charge in [-0.1, -0.05) is 24.3 Å². The molecular weight excluding hydrogens is 368 g/mol. The van der Waals surface area contributed by atoms with Gasteiger partial charge in [-0.3, -0.25) is 9.20 Å². The van der Waals surface area contributed by atoms with E-state index >= 15 is 0 Å². The van der Waals surface area contributed by atoms with Crippen molar-refractivity contribution in [1.29, 1.82) is 0 Å². The summed E-state index contributed by atoms with van der Waals surface area (Å²) in [6.45, 7) is 5.69. The maximum Gasteiger partial charge on any atom is 0.256 e. The molecule has 1 aliphatic rings. The molecule has 4 aromatic rings. The first kappa shape index (κ1) is 17.4. The van der Waals surface area contributed by atoms with Crippen LogP contribution in [0.3, 0.4) is 0 Å². The molecule has 142 valence electrons. The molecule has 1 fully saturated rings. The Morgan fingerprint density at radius 2 is 1.89 bits per heavy atom. The number of nitrogens with one attached hydrogen (secondary N) is 1. The van der Waals surface area contributed by atoms with Gasteiger partial charge in [0.05, 0.1) is 17.3 Å². The lowest BCUT2D eigenvalue weighted by atomic mass is 10.0. The van der Waals surface area contributed by atoms with Crippen LogP contribution in [0, 0.1) is 0 Å². The molecule has 6 heteroatoms. The predicted octanol–water partition coefficient (Wildman–Crippen LogP) is 4.04. The normalized spacial score (nSPS) is 20.1. The Morgan fingerprint density at radius 3 is 2.61 bits per heavy atom. The number of aromatic nitrogens is 2. The first-order chi connectivity index (χ1) is 13.6. The third-order valence-electron chi connectivity index (χ3n) is 5.40. The molecular formula is C22H22N4OS. The third-order valence-corrected chi connectivity index (χ3v) is 6.09. The number of carbonyl (C=O) groups excluding carboxylic acids is 1. The maximum atomic E-state index is 13.5. The van der Waals surface area contributed by atoms with E-state index in [0.29, 0.717) is 0 Å². The number of thiophene rings is 1. The molecule has 5 nitrogen and oxygen atoms in total. The Morgan fingerprint density at radius 1 is 1.14 bits per heavy atom. The van der Waals surface area contributed by atoms with Gasteiger partial charge in [0.1, 0.15) is 5.82 Å². The fraction of sp³-hybridized carbons (Fsp3) is 0.273. The van der Waals surface area contributed by atoms with E-state index in [1.807, 2.05) is 40.9 Å². The smallest absolute Gasteiger partial charge is 0.256 e. The number of hydrogen-bond acceptors (Lipinski definition) is 4. The first-order valence-electron chi connectivity index (χ1n) is 9.58. The van der Waals surface area contributed by atoms with Gasteiger partial charge in [-0.05, 0) is 30.7 Å². The summed E-state index contributed by atoms with van der Waals surface area (Å²) >= 11 is 1.65. The number of benzene rings is 1. The quantitative estimate of drug-likeness (QED) is 0.562. The summed E-state index contributed by atoms with van der Waals surface area (Å²) < 4.78 is 2.06. The summed E-state index contributed by atoms with van der Waals surface area (Å²) in [5.41, 5.74) is 2.83. The highest BCUT2D eigenvalue weighted by molar-refractivity contribution is 7.08. The number of amides is 1. The van der Waals surface area contributed by atoms with Crippen LogP contribution in [0.25, 0.3) is 27.7 Å². The minimum atomic E-state index is 0.0864. The monoisotopic (exact) mass is 390 g/mol. The number of rotatable bonds is 2. The molecule has 4 heterocycles. The second-order valence-electron chi connectivity index (χ2n) is 7.62. The minimum Gasteiger partial charge on any atom is -0.335 e. The molecule has 2 unspecified atom stereocenters. The van der Waals surface area contributed by atoms with Crippen LogP contribution in [0.5, 0.6) is 0 Å². The number of piperazine rings is 1. The number of carbonyl (C=O) groups is 1. The summed E-state index contributed by atoms with van der Waals surface area (Å²) in [6.07, 6.45) is 3.87. The summed E-state index contributed by atoms with van der Waals surface area (Å²) in [5, 5.41) is 9.67. The molecule has 3 aromatic heterocycles. The van der Waals surface area contributed by atoms with E-state index in [9.17, 15) is 4.79 Å². The third kappa shape index (κ3) is 2.80. The van der Waals surface area contributed by atoms with E-state index in [2.05, 4.69) is 46.1 Å². The lowest BCUT2D eigenvalue weighted by molar-refractivity contribution is 0.0675. The SMILES string of the molecule is CC1CN(C(=O)c2cn3c(-c4ccsc4)ncc3c3ccccc23)CC(C)N1. The van der Waals surface area contributed by atoms with Crippen LogP contribution >= 0.6 is 11.3 Å². The van der Waals surface area contributed by atoms with Crippen molar-refractivity contribution in [3.05, 3.63) is 59.0 Å². The van der Waals surface area contributed by atoms with Crippen LogP contribution in [0.2, 0.25) is 0 Å². The Hall–Kier alpha value is -2.70. The number of pyridine rings is 1. The van der Waals surface area contributed by atoms with Gasteiger partial charge >= 0.3 is 0 Å². The topological polar surface area (TPSA) is 49.6 Å². The fourth-order valence-electron chi connectivity index (χ4n) is 4.27. The van der Waals surface area contributed by atoms with Crippen molar-refractivity contribution >= 4 is 33.5 Å². The van der Waals surface area contributed by atoms with Gasteiger partial charge in [0, 0.05) is 47.7 Å². The van der Waals surface area contributed by atoms with E-state index < -0.39 is 0 Å². The average molecular weight is 391 g/mol. The summed E-state index contributed by atoms with van der Waals surface area (Å²) in [7, 11) is 0. The van der Waals surface area contributed by atoms with Gasteiger partial charge in [-0.2, -0.15) is 11.3 Å². The zero-order valence-corrected chi connectivity index (χ0v) is 16.7. The van der Waals surface area contributed by atoms with Crippen molar-refractivity contribution in [2.45, 2.75) is 25.9 Å². The van der Waals surface area contributed by atoms with E-state index in [1.165, 1.54) is 0 Å². The highest BCUT2D eigenvalue weighted by atomic mass is 32.1. The molecule has 1 N–H and O–H groups in total. The number of hydrogen-bond donors (Lipinski definition) is 1. The second kappa shape index (κ2) is 6.72. The van der Waals surface area contributed by atoms with Crippen LogP contribution in [0.15, 0.2) is 53.5 Å². The van der Waals surface area contributed by atoms with Crippen molar-refractivity contribution in [2.75, 3.05) is 13.1 Å². The van der Waals surface area contributed by atoms with Crippen molar-refractivity contribution in [3.8, 4) is 11.4 Å². The van der Waals surface area contributed by atoms with Gasteiger partial charge in [-0.25, -0.2) is 4.98 Å². The van der Waals surface area contributed by atoms with Crippen LogP contribution in [-0.2, 0) is 0 Å². The van der Waals surface area contributed by atoms with E-state index in [-0.39, 0.29) is 18.0 Å².